The van der Waals surface area contributed by atoms with E-state index >= 15 is 0 Å². The van der Waals surface area contributed by atoms with E-state index in [-0.39, 0.29) is 49.3 Å². The molecule has 3 N–H and O–H groups in total. The summed E-state index contributed by atoms with van der Waals surface area (Å²) in [6.07, 6.45) is 0.356. The van der Waals surface area contributed by atoms with Crippen LogP contribution in [0.5, 0.6) is 5.75 Å². The van der Waals surface area contributed by atoms with Crippen LogP contribution in [-0.2, 0) is 54.2 Å². The Labute approximate surface area is 382 Å². The minimum atomic E-state index is -1.96. The monoisotopic (exact) mass is 936 g/mol. The summed E-state index contributed by atoms with van der Waals surface area (Å²) in [5.41, 5.74) is -1.97. The first kappa shape index (κ1) is 51.9. The number of halogens is 1. The van der Waals surface area contributed by atoms with Crippen molar-refractivity contribution in [2.45, 2.75) is 133 Å². The predicted octanol–water partition coefficient (Wildman–Crippen LogP) is 4.40. The number of esters is 1. The number of nitrogens with one attached hydrogen (secondary N) is 1. The number of hydrogen-bond acceptors (Lipinski definition) is 15. The number of ether oxygens (including phenoxy) is 4. The maximum absolute atomic E-state index is 14.2. The molecule has 18 nitrogen and oxygen atoms in total. The van der Waals surface area contributed by atoms with Gasteiger partial charge in [-0.15, -0.1) is 16.8 Å². The number of amides is 5. The lowest BCUT2D eigenvalue weighted by atomic mass is 9.81. The lowest BCUT2D eigenvalue weighted by Gasteiger charge is -2.43. The highest BCUT2D eigenvalue weighted by atomic mass is 35.5. The number of hydroxylamine groups is 2. The minimum absolute atomic E-state index is 0.0310. The fraction of sp³-hybridized carbons (Fsp3) is 0.614. The number of benzene rings is 1. The Morgan fingerprint density at radius 3 is 2.38 bits per heavy atom. The summed E-state index contributed by atoms with van der Waals surface area (Å²) < 4.78 is 22.1. The van der Waals surface area contributed by atoms with E-state index in [0.717, 1.165) is 22.9 Å². The zero-order valence-corrected chi connectivity index (χ0v) is 39.6. The van der Waals surface area contributed by atoms with Gasteiger partial charge >= 0.3 is 18.0 Å². The van der Waals surface area contributed by atoms with Crippen molar-refractivity contribution < 1.29 is 67.6 Å². The van der Waals surface area contributed by atoms with Crippen LogP contribution in [-0.4, -0.2) is 136 Å². The number of carbonyl (C=O) groups is 7. The van der Waals surface area contributed by atoms with Crippen LogP contribution in [0.4, 0.5) is 10.5 Å². The quantitative estimate of drug-likeness (QED) is 0.195. The highest BCUT2D eigenvalue weighted by molar-refractivity contribution is 8.01. The topological polar surface area (TPSA) is 228 Å². The molecule has 354 valence electrons. The first-order valence-corrected chi connectivity index (χ1v) is 22.3. The van der Waals surface area contributed by atoms with Gasteiger partial charge in [0.1, 0.15) is 35.1 Å². The lowest BCUT2D eigenvalue weighted by Crippen LogP contribution is -2.63. The maximum Gasteiger partial charge on any atom is 0.409 e. The number of rotatable bonds is 12. The molecular formula is C44H61ClN4O14S. The van der Waals surface area contributed by atoms with E-state index in [9.17, 15) is 43.8 Å². The molecule has 0 aromatic heterocycles. The fourth-order valence-corrected chi connectivity index (χ4v) is 8.68. The third-order valence-corrected chi connectivity index (χ3v) is 13.5. The van der Waals surface area contributed by atoms with E-state index < -0.39 is 94.4 Å². The molecule has 5 amide bonds. The predicted molar refractivity (Wildman–Crippen MR) is 236 cm³/mol. The average molecular weight is 938 g/mol. The van der Waals surface area contributed by atoms with Crippen molar-refractivity contribution in [3.05, 3.63) is 46.5 Å². The number of alkyl carbamates (subject to hydrolysis) is 1. The van der Waals surface area contributed by atoms with Gasteiger partial charge in [-0.2, -0.15) is 0 Å². The minimum Gasteiger partial charge on any atom is -0.495 e. The Morgan fingerprint density at radius 1 is 1.09 bits per heavy atom. The molecule has 2 fully saturated rings. The Kier molecular flexibility index (Phi) is 17.5. The van der Waals surface area contributed by atoms with Crippen molar-refractivity contribution in [3.8, 4) is 5.75 Å². The van der Waals surface area contributed by atoms with Gasteiger partial charge in [0.15, 0.2) is 5.72 Å². The van der Waals surface area contributed by atoms with Gasteiger partial charge < -0.3 is 43.8 Å². The first-order valence-electron chi connectivity index (χ1n) is 20.9. The van der Waals surface area contributed by atoms with Gasteiger partial charge in [-0.3, -0.25) is 24.5 Å². The van der Waals surface area contributed by atoms with E-state index in [1.165, 1.54) is 52.0 Å². The molecule has 4 rings (SSSR count). The van der Waals surface area contributed by atoms with Crippen molar-refractivity contribution in [1.82, 2.24) is 15.3 Å². The molecule has 0 saturated carbocycles. The van der Waals surface area contributed by atoms with Crippen LogP contribution >= 0.6 is 23.4 Å². The summed E-state index contributed by atoms with van der Waals surface area (Å²) in [6.45, 7) is 9.99. The summed E-state index contributed by atoms with van der Waals surface area (Å²) >= 11 is 7.92. The van der Waals surface area contributed by atoms with Gasteiger partial charge in [0.05, 0.1) is 30.6 Å². The summed E-state index contributed by atoms with van der Waals surface area (Å²) in [6, 6.07) is 2.27. The Balaban J connectivity index is 1.57. The maximum atomic E-state index is 14.2. The smallest absolute Gasteiger partial charge is 0.409 e. The van der Waals surface area contributed by atoms with Crippen molar-refractivity contribution >= 4 is 70.7 Å². The van der Waals surface area contributed by atoms with Crippen LogP contribution in [0.3, 0.4) is 0 Å². The van der Waals surface area contributed by atoms with E-state index in [0.29, 0.717) is 22.9 Å². The second kappa shape index (κ2) is 21.5. The molecule has 0 spiro atoms. The number of methoxy groups -OCH3 is 2. The van der Waals surface area contributed by atoms with Crippen molar-refractivity contribution in [2.24, 2.45) is 5.92 Å². The van der Waals surface area contributed by atoms with E-state index in [1.807, 2.05) is 13.0 Å². The second-order valence-electron chi connectivity index (χ2n) is 17.5. The normalized spacial score (nSPS) is 27.7. The number of fused-ring (bicyclic) bond motifs is 4. The van der Waals surface area contributed by atoms with Crippen LogP contribution in [0, 0.1) is 5.92 Å². The van der Waals surface area contributed by atoms with Crippen molar-refractivity contribution in [2.75, 3.05) is 39.0 Å². The molecule has 4 bridgehead atoms. The number of thioether (sulfide) groups is 1. The van der Waals surface area contributed by atoms with Crippen LogP contribution in [0.15, 0.2) is 35.9 Å². The molecule has 0 radical (unpaired) electrons. The SMILES string of the molecule is COc1cc2cc(c1Cl)N(C)C(=O)C[C@H](OC(=O)[C@H](C)N(C)C(=O)CCC(C)(C)SCC(=O)ON1C(=O)CCC1=O)[C@](C)(O)C[C@H](C)[C@@H]1C[C@@](O)(NC(=O)O1)[C@H](OC)/C=C/C=C(\C)C2. The average Bonchev–Trinajstić information content (AvgIpc) is 3.54. The number of aliphatic hydroxyl groups is 2. The number of hydrogen-bond donors (Lipinski definition) is 3. The Bertz CT molecular complexity index is 2010. The Hall–Kier alpha value is -4.69. The zero-order valence-electron chi connectivity index (χ0n) is 38.1. The molecule has 0 aliphatic carbocycles. The van der Waals surface area contributed by atoms with Gasteiger partial charge in [0.25, 0.3) is 11.8 Å². The highest BCUT2D eigenvalue weighted by Gasteiger charge is 2.49. The molecule has 64 heavy (non-hydrogen) atoms. The number of nitrogens with zero attached hydrogens (tertiary/aromatic N) is 3. The molecule has 7 atom stereocenters. The number of imide groups is 1. The van der Waals surface area contributed by atoms with Crippen LogP contribution in [0.2, 0.25) is 5.02 Å². The second-order valence-corrected chi connectivity index (χ2v) is 19.5. The number of carbonyl (C=O) groups excluding carboxylic acids is 7. The van der Waals surface area contributed by atoms with Gasteiger partial charge in [-0.1, -0.05) is 56.2 Å². The molecule has 1 aromatic rings. The van der Waals surface area contributed by atoms with Crippen LogP contribution < -0.4 is 15.0 Å². The summed E-state index contributed by atoms with van der Waals surface area (Å²) in [4.78, 5) is 98.0. The van der Waals surface area contributed by atoms with E-state index in [4.69, 9.17) is 35.4 Å². The summed E-state index contributed by atoms with van der Waals surface area (Å²) in [5, 5.41) is 27.0. The molecule has 1 aromatic carbocycles. The first-order chi connectivity index (χ1) is 29.8. The third-order valence-electron chi connectivity index (χ3n) is 11.7. The Morgan fingerprint density at radius 2 is 1.75 bits per heavy atom. The van der Waals surface area contributed by atoms with Gasteiger partial charge in [-0.25, -0.2) is 14.4 Å². The number of likely N-dealkylation sites (N-methyl/N-ethyl adjacent to an activating group) is 1. The molecule has 0 unspecified atom stereocenters. The van der Waals surface area contributed by atoms with Gasteiger partial charge in [0.2, 0.25) is 11.8 Å². The molecule has 3 aliphatic rings. The van der Waals surface area contributed by atoms with Crippen LogP contribution in [0.25, 0.3) is 0 Å². The third kappa shape index (κ3) is 13.2. The van der Waals surface area contributed by atoms with E-state index in [1.54, 1.807) is 45.1 Å². The molecule has 2 saturated heterocycles. The number of allylic oxidation sites excluding steroid dienone is 3. The fourth-order valence-electron chi connectivity index (χ4n) is 7.56. The molecule has 3 aliphatic heterocycles. The van der Waals surface area contributed by atoms with Crippen molar-refractivity contribution in [3.63, 3.8) is 0 Å². The zero-order chi connectivity index (χ0) is 47.9. The standard InChI is InChI=1S/C44H61ClN4O14S/c1-25-12-11-13-32(60-10)44(58)23-31(61-41(56)46-44)26(2)22-43(6,57)33(21-37(53)48(8)29-19-28(18-25)20-30(59-9)39(29)45)62-40(55)27(3)47(7)34(50)16-17-42(4,5)64-24-38(54)63-49-35(51)14-15-36(49)52/h11-13,19-20,26-27,31-33,57-58H,14-18,21-24H2,1-10H3,(H,46,56)/b13-11+,25-12+/t26-,27-,31-,32+,33-,43+,44-/m0/s1. The van der Waals surface area contributed by atoms with Crippen LogP contribution in [0.1, 0.15) is 92.1 Å². The summed E-state index contributed by atoms with van der Waals surface area (Å²) in [5.74, 6) is -4.51. The largest absolute Gasteiger partial charge is 0.495 e. The van der Waals surface area contributed by atoms with Gasteiger partial charge in [0, 0.05) is 51.6 Å². The van der Waals surface area contributed by atoms with Gasteiger partial charge in [-0.05, 0) is 63.6 Å². The molecule has 20 heteroatoms. The van der Waals surface area contributed by atoms with Crippen molar-refractivity contribution in [1.29, 1.82) is 0 Å². The van der Waals surface area contributed by atoms with E-state index in [2.05, 4.69) is 5.32 Å². The molecule has 3 heterocycles. The highest BCUT2D eigenvalue weighted by Crippen LogP contribution is 2.39. The lowest BCUT2D eigenvalue weighted by molar-refractivity contribution is -0.195. The number of anilines is 1. The summed E-state index contributed by atoms with van der Waals surface area (Å²) in [7, 11) is 5.73. The molecular weight excluding hydrogens is 876 g/mol.